The van der Waals surface area contributed by atoms with E-state index in [1.807, 2.05) is 24.3 Å². The zero-order chi connectivity index (χ0) is 15.5. The largest absolute Gasteiger partial charge is 0.396 e. The number of aliphatic hydroxyl groups is 1. The maximum absolute atomic E-state index is 12.3. The fraction of sp³-hybridized carbons (Fsp3) is 0.412. The van der Waals surface area contributed by atoms with Gasteiger partial charge in [0.05, 0.1) is 0 Å². The molecular weight excluding hydrogens is 344 g/mol. The molecule has 1 aromatic carbocycles. The molecule has 0 bridgehead atoms. The lowest BCUT2D eigenvalue weighted by Gasteiger charge is -2.26. The van der Waals surface area contributed by atoms with Crippen molar-refractivity contribution in [3.63, 3.8) is 0 Å². The van der Waals surface area contributed by atoms with Crippen molar-refractivity contribution in [1.29, 1.82) is 0 Å². The Morgan fingerprint density at radius 3 is 2.73 bits per heavy atom. The summed E-state index contributed by atoms with van der Waals surface area (Å²) < 4.78 is 1.01. The van der Waals surface area contributed by atoms with Gasteiger partial charge >= 0.3 is 0 Å². The van der Waals surface area contributed by atoms with Crippen molar-refractivity contribution in [2.75, 3.05) is 11.9 Å². The number of anilines is 1. The highest BCUT2D eigenvalue weighted by atomic mass is 79.9. The van der Waals surface area contributed by atoms with Crippen LogP contribution in [0.25, 0.3) is 10.8 Å². The number of aromatic nitrogens is 1. The highest BCUT2D eigenvalue weighted by molar-refractivity contribution is 9.10. The van der Waals surface area contributed by atoms with E-state index >= 15 is 0 Å². The number of carbonyl (C=O) groups is 1. The smallest absolute Gasteiger partial charge is 0.228 e. The molecule has 1 amide bonds. The van der Waals surface area contributed by atoms with Crippen molar-refractivity contribution >= 4 is 38.4 Å². The van der Waals surface area contributed by atoms with Crippen LogP contribution in [0.1, 0.15) is 25.7 Å². The average Bonchev–Trinajstić information content (AvgIpc) is 2.54. The molecular formula is C17H19BrN2O2. The van der Waals surface area contributed by atoms with Gasteiger partial charge in [0.1, 0.15) is 5.82 Å². The zero-order valence-electron chi connectivity index (χ0n) is 12.3. The van der Waals surface area contributed by atoms with Gasteiger partial charge in [-0.1, -0.05) is 22.0 Å². The Bertz CT molecular complexity index is 681. The van der Waals surface area contributed by atoms with Crippen molar-refractivity contribution < 1.29 is 9.90 Å². The molecule has 2 N–H and O–H groups in total. The standard InChI is InChI=1S/C17H19BrN2O2/c18-15-6-5-13-9-19-16(8-14(13)7-15)20-17(22)12-3-1-11(10-21)2-4-12/h5-9,11-12,21H,1-4,10H2,(H,19,20,22). The van der Waals surface area contributed by atoms with Gasteiger partial charge in [0, 0.05) is 28.6 Å². The predicted octanol–water partition coefficient (Wildman–Crippen LogP) is 3.73. The summed E-state index contributed by atoms with van der Waals surface area (Å²) in [4.78, 5) is 16.7. The number of carbonyl (C=O) groups excluding carboxylic acids is 1. The Labute approximate surface area is 138 Å². The lowest BCUT2D eigenvalue weighted by Crippen LogP contribution is -2.28. The van der Waals surface area contributed by atoms with E-state index in [2.05, 4.69) is 26.2 Å². The Morgan fingerprint density at radius 2 is 2.00 bits per heavy atom. The molecule has 1 aliphatic rings. The molecule has 0 saturated heterocycles. The first kappa shape index (κ1) is 15.4. The summed E-state index contributed by atoms with van der Waals surface area (Å²) in [6.45, 7) is 0.232. The van der Waals surface area contributed by atoms with Crippen LogP contribution in [-0.4, -0.2) is 22.6 Å². The third-order valence-electron chi connectivity index (χ3n) is 4.41. The summed E-state index contributed by atoms with van der Waals surface area (Å²) in [5, 5.41) is 14.2. The van der Waals surface area contributed by atoms with Gasteiger partial charge in [-0.05, 0) is 55.2 Å². The minimum atomic E-state index is 0.0304. The quantitative estimate of drug-likeness (QED) is 0.874. The second kappa shape index (κ2) is 6.75. The molecule has 1 fully saturated rings. The van der Waals surface area contributed by atoms with E-state index < -0.39 is 0 Å². The number of amides is 1. The molecule has 0 spiro atoms. The molecule has 0 radical (unpaired) electrons. The average molecular weight is 363 g/mol. The van der Waals surface area contributed by atoms with Crippen LogP contribution in [-0.2, 0) is 4.79 Å². The number of pyridine rings is 1. The summed E-state index contributed by atoms with van der Waals surface area (Å²) in [5.74, 6) is 1.03. The molecule has 5 heteroatoms. The highest BCUT2D eigenvalue weighted by Crippen LogP contribution is 2.29. The number of hydrogen-bond acceptors (Lipinski definition) is 3. The first-order valence-corrected chi connectivity index (χ1v) is 8.42. The number of nitrogens with one attached hydrogen (secondary N) is 1. The predicted molar refractivity (Wildman–Crippen MR) is 90.6 cm³/mol. The van der Waals surface area contributed by atoms with E-state index in [0.29, 0.717) is 11.7 Å². The Balaban J connectivity index is 1.69. The minimum absolute atomic E-state index is 0.0304. The number of rotatable bonds is 3. The lowest BCUT2D eigenvalue weighted by atomic mass is 9.82. The van der Waals surface area contributed by atoms with Crippen LogP contribution in [0.15, 0.2) is 34.9 Å². The number of aliphatic hydroxyl groups excluding tert-OH is 1. The molecule has 1 aromatic heterocycles. The fourth-order valence-electron chi connectivity index (χ4n) is 3.02. The van der Waals surface area contributed by atoms with Gasteiger partial charge < -0.3 is 10.4 Å². The fourth-order valence-corrected chi connectivity index (χ4v) is 3.39. The van der Waals surface area contributed by atoms with Crippen LogP contribution < -0.4 is 5.32 Å². The van der Waals surface area contributed by atoms with Crippen LogP contribution in [0, 0.1) is 11.8 Å². The van der Waals surface area contributed by atoms with Crippen molar-refractivity contribution in [3.05, 3.63) is 34.9 Å². The van der Waals surface area contributed by atoms with Gasteiger partial charge in [-0.25, -0.2) is 4.98 Å². The van der Waals surface area contributed by atoms with Crippen LogP contribution >= 0.6 is 15.9 Å². The van der Waals surface area contributed by atoms with E-state index in [9.17, 15) is 4.79 Å². The number of fused-ring (bicyclic) bond motifs is 1. The third-order valence-corrected chi connectivity index (χ3v) is 4.90. The van der Waals surface area contributed by atoms with Crippen LogP contribution in [0.3, 0.4) is 0 Å². The molecule has 2 aromatic rings. The van der Waals surface area contributed by atoms with E-state index in [-0.39, 0.29) is 18.4 Å². The Kier molecular flexibility index (Phi) is 4.74. The zero-order valence-corrected chi connectivity index (χ0v) is 13.8. The summed E-state index contributed by atoms with van der Waals surface area (Å²) in [6, 6.07) is 7.88. The monoisotopic (exact) mass is 362 g/mol. The Hall–Kier alpha value is -1.46. The summed E-state index contributed by atoms with van der Waals surface area (Å²) in [5.41, 5.74) is 0. The maximum Gasteiger partial charge on any atom is 0.228 e. The van der Waals surface area contributed by atoms with E-state index in [0.717, 1.165) is 40.9 Å². The number of halogens is 1. The van der Waals surface area contributed by atoms with Crippen LogP contribution in [0.4, 0.5) is 5.82 Å². The minimum Gasteiger partial charge on any atom is -0.396 e. The van der Waals surface area contributed by atoms with Gasteiger partial charge in [0.2, 0.25) is 5.91 Å². The van der Waals surface area contributed by atoms with Gasteiger partial charge in [0.15, 0.2) is 0 Å². The molecule has 1 heterocycles. The number of hydrogen-bond donors (Lipinski definition) is 2. The molecule has 0 aliphatic heterocycles. The molecule has 3 rings (SSSR count). The molecule has 0 unspecified atom stereocenters. The van der Waals surface area contributed by atoms with Crippen molar-refractivity contribution in [2.45, 2.75) is 25.7 Å². The van der Waals surface area contributed by atoms with E-state index in [1.54, 1.807) is 6.20 Å². The number of benzene rings is 1. The lowest BCUT2D eigenvalue weighted by molar-refractivity contribution is -0.121. The van der Waals surface area contributed by atoms with Crippen LogP contribution in [0.5, 0.6) is 0 Å². The van der Waals surface area contributed by atoms with Crippen molar-refractivity contribution in [3.8, 4) is 0 Å². The summed E-state index contributed by atoms with van der Waals surface area (Å²) >= 11 is 3.45. The second-order valence-electron chi connectivity index (χ2n) is 5.95. The normalized spacial score (nSPS) is 21.7. The van der Waals surface area contributed by atoms with E-state index in [4.69, 9.17) is 5.11 Å². The Morgan fingerprint density at radius 1 is 1.23 bits per heavy atom. The molecule has 0 atom stereocenters. The van der Waals surface area contributed by atoms with Gasteiger partial charge in [-0.15, -0.1) is 0 Å². The van der Waals surface area contributed by atoms with Gasteiger partial charge in [-0.2, -0.15) is 0 Å². The molecule has 22 heavy (non-hydrogen) atoms. The van der Waals surface area contributed by atoms with Crippen LogP contribution in [0.2, 0.25) is 0 Å². The van der Waals surface area contributed by atoms with Gasteiger partial charge in [-0.3, -0.25) is 4.79 Å². The second-order valence-corrected chi connectivity index (χ2v) is 6.87. The third kappa shape index (κ3) is 3.47. The van der Waals surface area contributed by atoms with Gasteiger partial charge in [0.25, 0.3) is 0 Å². The van der Waals surface area contributed by atoms with E-state index in [1.165, 1.54) is 0 Å². The molecule has 1 saturated carbocycles. The number of nitrogens with zero attached hydrogens (tertiary/aromatic N) is 1. The molecule has 4 nitrogen and oxygen atoms in total. The first-order chi connectivity index (χ1) is 10.7. The first-order valence-electron chi connectivity index (χ1n) is 7.63. The topological polar surface area (TPSA) is 62.2 Å². The highest BCUT2D eigenvalue weighted by Gasteiger charge is 2.26. The summed E-state index contributed by atoms with van der Waals surface area (Å²) in [6.07, 6.45) is 5.31. The molecule has 116 valence electrons. The maximum atomic E-state index is 12.3. The summed E-state index contributed by atoms with van der Waals surface area (Å²) in [7, 11) is 0. The molecule has 1 aliphatic carbocycles. The van der Waals surface area contributed by atoms with Crippen molar-refractivity contribution in [1.82, 2.24) is 4.98 Å². The van der Waals surface area contributed by atoms with Crippen molar-refractivity contribution in [2.24, 2.45) is 11.8 Å². The SMILES string of the molecule is O=C(Nc1cc2cc(Br)ccc2cn1)C1CCC(CO)CC1.